The maximum atomic E-state index is 3.68. The van der Waals surface area contributed by atoms with Crippen LogP contribution in [0.3, 0.4) is 0 Å². The maximum absolute atomic E-state index is 3.68. The molecule has 0 unspecified atom stereocenters. The minimum Gasteiger partial charge on any atom is -0.308 e. The van der Waals surface area contributed by atoms with Gasteiger partial charge in [0.15, 0.2) is 0 Å². The van der Waals surface area contributed by atoms with E-state index in [9.17, 15) is 0 Å². The molecule has 92 valence electrons. The summed E-state index contributed by atoms with van der Waals surface area (Å²) in [7, 11) is 0. The van der Waals surface area contributed by atoms with Gasteiger partial charge in [0.1, 0.15) is 0 Å². The van der Waals surface area contributed by atoms with E-state index in [0.717, 1.165) is 6.54 Å². The molecule has 1 aromatic rings. The smallest absolute Gasteiger partial charge is 0.0156 e. The van der Waals surface area contributed by atoms with Gasteiger partial charge >= 0.3 is 0 Å². The van der Waals surface area contributed by atoms with E-state index < -0.39 is 0 Å². The minimum atomic E-state index is 0.374. The molecule has 0 aromatic heterocycles. The molecule has 1 nitrogen and oxygen atoms in total. The summed E-state index contributed by atoms with van der Waals surface area (Å²) in [5.41, 5.74) is 1.65. The molecule has 0 radical (unpaired) electrons. The van der Waals surface area contributed by atoms with E-state index in [1.165, 1.54) is 37.7 Å². The Morgan fingerprint density at radius 2 is 1.82 bits per heavy atom. The summed E-state index contributed by atoms with van der Waals surface area (Å²) in [5, 5.41) is 3.68. The van der Waals surface area contributed by atoms with Crippen LogP contribution in [0, 0.1) is 0 Å². The summed E-state index contributed by atoms with van der Waals surface area (Å²) in [5.74, 6) is 0. The van der Waals surface area contributed by atoms with E-state index in [1.807, 2.05) is 0 Å². The highest BCUT2D eigenvalue weighted by Gasteiger charge is 2.24. The van der Waals surface area contributed by atoms with Crippen LogP contribution in [-0.4, -0.2) is 12.1 Å². The second-order valence-corrected chi connectivity index (χ2v) is 5.32. The van der Waals surface area contributed by atoms with Crippen LogP contribution >= 0.6 is 0 Å². The van der Waals surface area contributed by atoms with Crippen LogP contribution in [0.4, 0.5) is 0 Å². The van der Waals surface area contributed by atoms with Crippen molar-refractivity contribution >= 4 is 6.08 Å². The van der Waals surface area contributed by atoms with E-state index in [4.69, 9.17) is 0 Å². The zero-order valence-corrected chi connectivity index (χ0v) is 10.8. The van der Waals surface area contributed by atoms with Gasteiger partial charge in [0.05, 0.1) is 0 Å². The zero-order valence-electron chi connectivity index (χ0n) is 10.8. The fourth-order valence-corrected chi connectivity index (χ4v) is 2.57. The molecule has 0 heterocycles. The van der Waals surface area contributed by atoms with Gasteiger partial charge in [-0.25, -0.2) is 0 Å². The van der Waals surface area contributed by atoms with Gasteiger partial charge in [0, 0.05) is 12.1 Å². The van der Waals surface area contributed by atoms with Crippen LogP contribution in [0.15, 0.2) is 36.4 Å². The van der Waals surface area contributed by atoms with Crippen molar-refractivity contribution in [2.45, 2.75) is 44.6 Å². The predicted molar refractivity (Wildman–Crippen MR) is 75.0 cm³/mol. The monoisotopic (exact) mass is 229 g/mol. The number of rotatable bonds is 4. The lowest BCUT2D eigenvalue weighted by atomic mass is 9.83. The molecule has 1 saturated carbocycles. The molecule has 1 fully saturated rings. The highest BCUT2D eigenvalue weighted by atomic mass is 15.0. The van der Waals surface area contributed by atoms with Crippen molar-refractivity contribution in [1.82, 2.24) is 5.32 Å². The van der Waals surface area contributed by atoms with E-state index in [2.05, 4.69) is 54.7 Å². The first kappa shape index (κ1) is 12.4. The number of benzene rings is 1. The summed E-state index contributed by atoms with van der Waals surface area (Å²) in [6, 6.07) is 10.5. The fourth-order valence-electron chi connectivity index (χ4n) is 2.57. The lowest BCUT2D eigenvalue weighted by Gasteiger charge is -2.34. The van der Waals surface area contributed by atoms with Crippen molar-refractivity contribution in [1.29, 1.82) is 0 Å². The lowest BCUT2D eigenvalue weighted by molar-refractivity contribution is 0.263. The quantitative estimate of drug-likeness (QED) is 0.822. The van der Waals surface area contributed by atoms with E-state index in [0.29, 0.717) is 5.54 Å². The molecule has 2 rings (SSSR count). The second kappa shape index (κ2) is 6.02. The molecule has 1 aromatic carbocycles. The minimum absolute atomic E-state index is 0.374. The summed E-state index contributed by atoms with van der Waals surface area (Å²) in [6.45, 7) is 3.34. The second-order valence-electron chi connectivity index (χ2n) is 5.32. The van der Waals surface area contributed by atoms with Gasteiger partial charge in [-0.3, -0.25) is 0 Å². The van der Waals surface area contributed by atoms with E-state index in [1.54, 1.807) is 0 Å². The number of hydrogen-bond acceptors (Lipinski definition) is 1. The van der Waals surface area contributed by atoms with Gasteiger partial charge in [0.25, 0.3) is 0 Å². The molecule has 1 N–H and O–H groups in total. The first-order chi connectivity index (χ1) is 8.29. The Labute approximate surface area is 105 Å². The van der Waals surface area contributed by atoms with E-state index in [-0.39, 0.29) is 0 Å². The maximum Gasteiger partial charge on any atom is 0.0156 e. The molecule has 1 aliphatic rings. The molecular formula is C16H23N. The normalized spacial score (nSPS) is 19.6. The molecule has 17 heavy (non-hydrogen) atoms. The fraction of sp³-hybridized carbons (Fsp3) is 0.500. The summed E-state index contributed by atoms with van der Waals surface area (Å²) in [6.07, 6.45) is 11.3. The molecule has 0 atom stereocenters. The van der Waals surface area contributed by atoms with Crippen LogP contribution < -0.4 is 5.32 Å². The van der Waals surface area contributed by atoms with Crippen LogP contribution in [0.1, 0.15) is 44.6 Å². The molecule has 1 heteroatoms. The topological polar surface area (TPSA) is 12.0 Å². The molecular weight excluding hydrogens is 206 g/mol. The van der Waals surface area contributed by atoms with Crippen molar-refractivity contribution < 1.29 is 0 Å². The molecule has 0 saturated heterocycles. The van der Waals surface area contributed by atoms with Gasteiger partial charge in [0.2, 0.25) is 0 Å². The molecule has 0 amide bonds. The van der Waals surface area contributed by atoms with Gasteiger partial charge in [-0.05, 0) is 25.3 Å². The van der Waals surface area contributed by atoms with Crippen molar-refractivity contribution in [3.05, 3.63) is 42.0 Å². The lowest BCUT2D eigenvalue weighted by Crippen LogP contribution is -2.43. The Kier molecular flexibility index (Phi) is 4.38. The Hall–Kier alpha value is -1.08. The molecule has 0 aliphatic heterocycles. The van der Waals surface area contributed by atoms with E-state index >= 15 is 0 Å². The van der Waals surface area contributed by atoms with Gasteiger partial charge in [-0.15, -0.1) is 0 Å². The largest absolute Gasteiger partial charge is 0.308 e. The average Bonchev–Trinajstić information content (AvgIpc) is 2.37. The SMILES string of the molecule is CC1(NCC=Cc2ccccc2)CCCCC1. The van der Waals surface area contributed by atoms with Gasteiger partial charge in [-0.1, -0.05) is 61.7 Å². The van der Waals surface area contributed by atoms with Crippen LogP contribution in [0.2, 0.25) is 0 Å². The average molecular weight is 229 g/mol. The number of nitrogens with one attached hydrogen (secondary N) is 1. The first-order valence-electron chi connectivity index (χ1n) is 6.75. The summed E-state index contributed by atoms with van der Waals surface area (Å²) in [4.78, 5) is 0. The van der Waals surface area contributed by atoms with Crippen molar-refractivity contribution in [2.75, 3.05) is 6.54 Å². The van der Waals surface area contributed by atoms with Crippen LogP contribution in [-0.2, 0) is 0 Å². The Morgan fingerprint density at radius 1 is 1.12 bits per heavy atom. The highest BCUT2D eigenvalue weighted by Crippen LogP contribution is 2.27. The molecule has 1 aliphatic carbocycles. The van der Waals surface area contributed by atoms with Crippen LogP contribution in [0.5, 0.6) is 0 Å². The summed E-state index contributed by atoms with van der Waals surface area (Å²) >= 11 is 0. The van der Waals surface area contributed by atoms with Crippen molar-refractivity contribution in [2.24, 2.45) is 0 Å². The van der Waals surface area contributed by atoms with Crippen molar-refractivity contribution in [3.63, 3.8) is 0 Å². The standard InChI is InChI=1S/C16H23N/c1-16(12-6-3-7-13-16)17-14-8-11-15-9-4-2-5-10-15/h2,4-5,8-11,17H,3,6-7,12-14H2,1H3. The Balaban J connectivity index is 1.77. The highest BCUT2D eigenvalue weighted by molar-refractivity contribution is 5.48. The Bertz CT molecular complexity index is 347. The van der Waals surface area contributed by atoms with Gasteiger partial charge < -0.3 is 5.32 Å². The first-order valence-corrected chi connectivity index (χ1v) is 6.75. The third-order valence-electron chi connectivity index (χ3n) is 3.71. The molecule has 0 spiro atoms. The van der Waals surface area contributed by atoms with Crippen LogP contribution in [0.25, 0.3) is 6.08 Å². The third kappa shape index (κ3) is 4.01. The predicted octanol–water partition coefficient (Wildman–Crippen LogP) is 4.01. The zero-order chi connectivity index (χ0) is 12.0. The Morgan fingerprint density at radius 3 is 2.53 bits per heavy atom. The molecule has 0 bridgehead atoms. The van der Waals surface area contributed by atoms with Crippen molar-refractivity contribution in [3.8, 4) is 0 Å². The third-order valence-corrected chi connectivity index (χ3v) is 3.71. The number of hydrogen-bond donors (Lipinski definition) is 1. The van der Waals surface area contributed by atoms with Gasteiger partial charge in [-0.2, -0.15) is 0 Å². The summed E-state index contributed by atoms with van der Waals surface area (Å²) < 4.78 is 0.